The van der Waals surface area contributed by atoms with Crippen LogP contribution in [0.15, 0.2) is 54.1 Å². The van der Waals surface area contributed by atoms with Gasteiger partial charge in [0.05, 0.1) is 16.2 Å². The number of fused-ring (bicyclic) bond motifs is 1. The van der Waals surface area contributed by atoms with Crippen LogP contribution in [0.5, 0.6) is 0 Å². The van der Waals surface area contributed by atoms with E-state index in [9.17, 15) is 4.39 Å². The smallest absolute Gasteiger partial charge is 0.138 e. The van der Waals surface area contributed by atoms with Gasteiger partial charge in [-0.2, -0.15) is 5.10 Å². The lowest BCUT2D eigenvalue weighted by Gasteiger charge is -2.17. The largest absolute Gasteiger partial charge is 0.241 e. The van der Waals surface area contributed by atoms with E-state index in [1.54, 1.807) is 29.2 Å². The summed E-state index contributed by atoms with van der Waals surface area (Å²) >= 11 is 14.0. The molecule has 2 heterocycles. The topological polar surface area (TPSA) is 43.6 Å². The molecule has 8 heteroatoms. The molecule has 0 atom stereocenters. The summed E-state index contributed by atoms with van der Waals surface area (Å²) in [4.78, 5) is 8.72. The zero-order valence-electron chi connectivity index (χ0n) is 13.4. The van der Waals surface area contributed by atoms with E-state index in [4.69, 9.17) is 23.2 Å². The first kappa shape index (κ1) is 17.3. The second kappa shape index (κ2) is 6.87. The van der Waals surface area contributed by atoms with E-state index in [1.807, 2.05) is 12.3 Å². The molecule has 4 aromatic rings. The molecule has 0 aliphatic carbocycles. The van der Waals surface area contributed by atoms with Gasteiger partial charge in [-0.15, -0.1) is 11.8 Å². The summed E-state index contributed by atoms with van der Waals surface area (Å²) in [6, 6.07) is 9.73. The Morgan fingerprint density at radius 1 is 1.12 bits per heavy atom. The van der Waals surface area contributed by atoms with Crippen molar-refractivity contribution in [2.24, 2.45) is 0 Å². The predicted molar refractivity (Wildman–Crippen MR) is 104 cm³/mol. The molecule has 0 aliphatic heterocycles. The molecule has 4 rings (SSSR count). The minimum Gasteiger partial charge on any atom is -0.241 e. The Kier molecular flexibility index (Phi) is 4.56. The molecule has 0 N–H and O–H groups in total. The highest BCUT2D eigenvalue weighted by Crippen LogP contribution is 2.42. The number of pyridine rings is 1. The number of hydrogen-bond donors (Lipinski definition) is 0. The van der Waals surface area contributed by atoms with Crippen LogP contribution in [0.2, 0.25) is 10.0 Å². The third kappa shape index (κ3) is 2.94. The zero-order valence-corrected chi connectivity index (χ0v) is 15.8. The number of aromatic nitrogens is 4. The Bertz CT molecular complexity index is 1120. The monoisotopic (exact) mass is 404 g/mol. The van der Waals surface area contributed by atoms with Gasteiger partial charge in [-0.25, -0.2) is 19.0 Å². The van der Waals surface area contributed by atoms with E-state index in [0.29, 0.717) is 26.6 Å². The van der Waals surface area contributed by atoms with Gasteiger partial charge in [-0.05, 0) is 36.6 Å². The van der Waals surface area contributed by atoms with Crippen molar-refractivity contribution >= 4 is 45.9 Å². The molecular weight excluding hydrogens is 394 g/mol. The fourth-order valence-electron chi connectivity index (χ4n) is 2.84. The second-order valence-electron chi connectivity index (χ2n) is 5.47. The first-order chi connectivity index (χ1) is 12.6. The molecule has 2 aromatic heterocycles. The van der Waals surface area contributed by atoms with Gasteiger partial charge in [0.1, 0.15) is 23.5 Å². The lowest BCUT2D eigenvalue weighted by atomic mass is 10.0. The molecule has 0 saturated carbocycles. The van der Waals surface area contributed by atoms with Crippen molar-refractivity contribution < 1.29 is 4.39 Å². The second-order valence-corrected chi connectivity index (χ2v) is 7.11. The molecule has 0 amide bonds. The zero-order chi connectivity index (χ0) is 18.3. The summed E-state index contributed by atoms with van der Waals surface area (Å²) in [6.07, 6.45) is 4.92. The first-order valence-corrected chi connectivity index (χ1v) is 9.54. The molecule has 2 aromatic carbocycles. The van der Waals surface area contributed by atoms with E-state index in [2.05, 4.69) is 15.1 Å². The highest BCUT2D eigenvalue weighted by atomic mass is 35.5. The lowest BCUT2D eigenvalue weighted by Crippen LogP contribution is -2.03. The van der Waals surface area contributed by atoms with Crippen molar-refractivity contribution in [3.63, 3.8) is 0 Å². The quantitative estimate of drug-likeness (QED) is 0.413. The number of nitrogens with zero attached hydrogens (tertiary/aromatic N) is 4. The van der Waals surface area contributed by atoms with Crippen LogP contribution in [0, 0.1) is 5.82 Å². The maximum absolute atomic E-state index is 14.0. The van der Waals surface area contributed by atoms with Crippen LogP contribution in [0.4, 0.5) is 4.39 Å². The highest BCUT2D eigenvalue weighted by Gasteiger charge is 2.21. The minimum atomic E-state index is -0.356. The van der Waals surface area contributed by atoms with E-state index in [0.717, 1.165) is 16.2 Å². The molecule has 0 fully saturated rings. The SMILES string of the molecule is CSc1nc2ccc(F)cc2c(-n2cncn2)c1-c1ccc(Cl)cc1Cl. The van der Waals surface area contributed by atoms with E-state index >= 15 is 0 Å². The minimum absolute atomic E-state index is 0.356. The summed E-state index contributed by atoms with van der Waals surface area (Å²) in [6.45, 7) is 0. The number of benzene rings is 2. The number of thioether (sulfide) groups is 1. The lowest BCUT2D eigenvalue weighted by molar-refractivity contribution is 0.629. The molecule has 130 valence electrons. The normalized spacial score (nSPS) is 11.2. The third-order valence-electron chi connectivity index (χ3n) is 3.93. The van der Waals surface area contributed by atoms with Gasteiger partial charge in [0, 0.05) is 21.5 Å². The van der Waals surface area contributed by atoms with Crippen LogP contribution in [-0.4, -0.2) is 26.0 Å². The molecular formula is C18H11Cl2FN4S. The van der Waals surface area contributed by atoms with Gasteiger partial charge in [-0.3, -0.25) is 0 Å². The van der Waals surface area contributed by atoms with Crippen molar-refractivity contribution in [1.82, 2.24) is 19.7 Å². The molecule has 4 nitrogen and oxygen atoms in total. The van der Waals surface area contributed by atoms with E-state index < -0.39 is 0 Å². The van der Waals surface area contributed by atoms with Gasteiger partial charge in [-0.1, -0.05) is 29.3 Å². The summed E-state index contributed by atoms with van der Waals surface area (Å²) in [7, 11) is 0. The number of halogens is 3. The van der Waals surface area contributed by atoms with E-state index in [1.165, 1.54) is 30.2 Å². The molecule has 0 saturated heterocycles. The maximum Gasteiger partial charge on any atom is 0.138 e. The van der Waals surface area contributed by atoms with Crippen molar-refractivity contribution in [2.75, 3.05) is 6.26 Å². The molecule has 0 unspecified atom stereocenters. The third-order valence-corrected chi connectivity index (χ3v) is 5.16. The maximum atomic E-state index is 14.0. The number of rotatable bonds is 3. The molecule has 26 heavy (non-hydrogen) atoms. The van der Waals surface area contributed by atoms with Crippen molar-refractivity contribution in [3.8, 4) is 16.8 Å². The summed E-state index contributed by atoms with van der Waals surface area (Å²) in [5.41, 5.74) is 2.82. The Morgan fingerprint density at radius 2 is 1.96 bits per heavy atom. The Morgan fingerprint density at radius 3 is 2.65 bits per heavy atom. The van der Waals surface area contributed by atoms with Gasteiger partial charge in [0.2, 0.25) is 0 Å². The fourth-order valence-corrected chi connectivity index (χ4v) is 3.94. The van der Waals surface area contributed by atoms with Crippen LogP contribution in [0.1, 0.15) is 0 Å². The van der Waals surface area contributed by atoms with Crippen LogP contribution >= 0.6 is 35.0 Å². The van der Waals surface area contributed by atoms with Gasteiger partial charge in [0.15, 0.2) is 0 Å². The van der Waals surface area contributed by atoms with Crippen LogP contribution in [-0.2, 0) is 0 Å². The molecule has 0 spiro atoms. The Labute approximate surface area is 163 Å². The van der Waals surface area contributed by atoms with Gasteiger partial charge in [0.25, 0.3) is 0 Å². The summed E-state index contributed by atoms with van der Waals surface area (Å²) in [5.74, 6) is -0.356. The molecule has 0 bridgehead atoms. The van der Waals surface area contributed by atoms with E-state index in [-0.39, 0.29) is 5.82 Å². The average molecular weight is 405 g/mol. The average Bonchev–Trinajstić information content (AvgIpc) is 3.14. The molecule has 0 aliphatic rings. The number of hydrogen-bond acceptors (Lipinski definition) is 4. The van der Waals surface area contributed by atoms with Crippen LogP contribution in [0.25, 0.3) is 27.7 Å². The van der Waals surface area contributed by atoms with Crippen molar-refractivity contribution in [2.45, 2.75) is 5.03 Å². The molecule has 0 radical (unpaired) electrons. The van der Waals surface area contributed by atoms with Crippen molar-refractivity contribution in [1.29, 1.82) is 0 Å². The van der Waals surface area contributed by atoms with Crippen LogP contribution < -0.4 is 0 Å². The highest BCUT2D eigenvalue weighted by molar-refractivity contribution is 7.98. The van der Waals surface area contributed by atoms with Crippen LogP contribution in [0.3, 0.4) is 0 Å². The first-order valence-electron chi connectivity index (χ1n) is 7.56. The standard InChI is InChI=1S/C18H11Cl2FN4S/c1-26-18-16(12-4-2-10(19)6-14(12)20)17(25-9-22-8-23-25)13-7-11(21)3-5-15(13)24-18/h2-9H,1H3. The summed E-state index contributed by atoms with van der Waals surface area (Å²) < 4.78 is 15.6. The Hall–Kier alpha value is -2.15. The fraction of sp³-hybridized carbons (Fsp3) is 0.0556. The Balaban J connectivity index is 2.18. The van der Waals surface area contributed by atoms with Gasteiger partial charge >= 0.3 is 0 Å². The predicted octanol–water partition coefficient (Wildman–Crippen LogP) is 5.65. The van der Waals surface area contributed by atoms with Crippen molar-refractivity contribution in [3.05, 3.63) is 64.9 Å². The summed E-state index contributed by atoms with van der Waals surface area (Å²) in [5, 5.41) is 6.63. The van der Waals surface area contributed by atoms with Gasteiger partial charge < -0.3 is 0 Å².